The summed E-state index contributed by atoms with van der Waals surface area (Å²) in [5.74, 6) is -0.843. The van der Waals surface area contributed by atoms with Gasteiger partial charge in [0.25, 0.3) is 0 Å². The molecular weight excluding hydrogens is 240 g/mol. The summed E-state index contributed by atoms with van der Waals surface area (Å²) in [7, 11) is 0. The van der Waals surface area contributed by atoms with Gasteiger partial charge in [0.15, 0.2) is 5.76 Å². The summed E-state index contributed by atoms with van der Waals surface area (Å²) in [4.78, 5) is 22.3. The Morgan fingerprint density at radius 3 is 2.89 bits per heavy atom. The third-order valence-corrected chi connectivity index (χ3v) is 2.25. The van der Waals surface area contributed by atoms with Gasteiger partial charge in [0.05, 0.1) is 25.4 Å². The molecule has 0 saturated heterocycles. The molecular formula is C11H10N2O5. The molecule has 0 bridgehead atoms. The number of carbonyl (C=O) groups excluding carboxylic acids is 1. The third-order valence-electron chi connectivity index (χ3n) is 2.25. The van der Waals surface area contributed by atoms with E-state index in [9.17, 15) is 9.59 Å². The minimum absolute atomic E-state index is 0.00943. The number of hydrogen-bond acceptors (Lipinski definition) is 5. The van der Waals surface area contributed by atoms with Crippen molar-refractivity contribution in [2.45, 2.75) is 13.0 Å². The Bertz CT molecular complexity index is 544. The molecule has 2 aromatic heterocycles. The van der Waals surface area contributed by atoms with Crippen LogP contribution in [0.25, 0.3) is 0 Å². The number of aromatic carboxylic acids is 1. The van der Waals surface area contributed by atoms with E-state index in [2.05, 4.69) is 10.5 Å². The van der Waals surface area contributed by atoms with Crippen LogP contribution in [0.15, 0.2) is 33.5 Å². The van der Waals surface area contributed by atoms with E-state index < -0.39 is 5.97 Å². The number of carboxylic acid groups (broad SMARTS) is 1. The number of rotatable bonds is 5. The monoisotopic (exact) mass is 250 g/mol. The molecule has 0 saturated carbocycles. The molecule has 0 fully saturated rings. The lowest BCUT2D eigenvalue weighted by Crippen LogP contribution is -2.24. The van der Waals surface area contributed by atoms with Gasteiger partial charge in [-0.05, 0) is 6.07 Å². The van der Waals surface area contributed by atoms with E-state index in [1.54, 1.807) is 6.07 Å². The summed E-state index contributed by atoms with van der Waals surface area (Å²) in [6.07, 6.45) is 2.57. The molecule has 1 amide bonds. The third kappa shape index (κ3) is 2.76. The van der Waals surface area contributed by atoms with Gasteiger partial charge in [-0.25, -0.2) is 4.79 Å². The van der Waals surface area contributed by atoms with E-state index in [1.807, 2.05) is 0 Å². The highest BCUT2D eigenvalue weighted by Crippen LogP contribution is 2.11. The average molecular weight is 250 g/mol. The molecule has 94 valence electrons. The van der Waals surface area contributed by atoms with Gasteiger partial charge in [0.2, 0.25) is 5.91 Å². The molecule has 0 aromatic carbocycles. The Labute approximate surface area is 101 Å². The number of aromatic nitrogens is 1. The molecule has 0 spiro atoms. The predicted octanol–water partition coefficient (Wildman–Crippen LogP) is 0.825. The number of nitrogens with one attached hydrogen (secondary N) is 1. The first-order valence-corrected chi connectivity index (χ1v) is 5.12. The van der Waals surface area contributed by atoms with E-state index in [4.69, 9.17) is 14.0 Å². The van der Waals surface area contributed by atoms with Crippen molar-refractivity contribution in [3.63, 3.8) is 0 Å². The van der Waals surface area contributed by atoms with Gasteiger partial charge < -0.3 is 19.4 Å². The average Bonchev–Trinajstić information content (AvgIpc) is 2.96. The molecule has 0 aliphatic heterocycles. The fourth-order valence-electron chi connectivity index (χ4n) is 1.40. The highest BCUT2D eigenvalue weighted by Gasteiger charge is 2.16. The van der Waals surface area contributed by atoms with Crippen molar-refractivity contribution in [2.24, 2.45) is 0 Å². The molecule has 0 radical (unpaired) electrons. The summed E-state index contributed by atoms with van der Waals surface area (Å²) < 4.78 is 9.75. The largest absolute Gasteiger partial charge is 0.478 e. The van der Waals surface area contributed by atoms with Gasteiger partial charge in [0, 0.05) is 6.07 Å². The van der Waals surface area contributed by atoms with Crippen LogP contribution in [0, 0.1) is 0 Å². The summed E-state index contributed by atoms with van der Waals surface area (Å²) in [6.45, 7) is 0.196. The minimum atomic E-state index is -1.12. The van der Waals surface area contributed by atoms with E-state index >= 15 is 0 Å². The first-order chi connectivity index (χ1) is 8.66. The summed E-state index contributed by atoms with van der Waals surface area (Å²) in [6, 6.07) is 2.93. The van der Waals surface area contributed by atoms with Crippen molar-refractivity contribution in [3.05, 3.63) is 41.7 Å². The van der Waals surface area contributed by atoms with Crippen molar-refractivity contribution in [1.82, 2.24) is 10.5 Å². The summed E-state index contributed by atoms with van der Waals surface area (Å²) in [5, 5.41) is 14.9. The topological polar surface area (TPSA) is 106 Å². The van der Waals surface area contributed by atoms with Gasteiger partial charge in [-0.1, -0.05) is 5.16 Å². The summed E-state index contributed by atoms with van der Waals surface area (Å²) >= 11 is 0. The lowest BCUT2D eigenvalue weighted by atomic mass is 10.2. The Kier molecular flexibility index (Phi) is 3.42. The Morgan fingerprint density at radius 2 is 2.22 bits per heavy atom. The summed E-state index contributed by atoms with van der Waals surface area (Å²) in [5.41, 5.74) is -0.00943. The van der Waals surface area contributed by atoms with Gasteiger partial charge in [-0.3, -0.25) is 4.79 Å². The predicted molar refractivity (Wildman–Crippen MR) is 57.7 cm³/mol. The van der Waals surface area contributed by atoms with Crippen molar-refractivity contribution >= 4 is 11.9 Å². The van der Waals surface area contributed by atoms with Crippen LogP contribution < -0.4 is 5.32 Å². The quantitative estimate of drug-likeness (QED) is 0.813. The molecule has 0 aliphatic rings. The minimum Gasteiger partial charge on any atom is -0.478 e. The van der Waals surface area contributed by atoms with Gasteiger partial charge in [0.1, 0.15) is 11.3 Å². The van der Waals surface area contributed by atoms with Crippen LogP contribution in [0.5, 0.6) is 0 Å². The molecule has 2 rings (SSSR count). The van der Waals surface area contributed by atoms with Crippen LogP contribution in [0.2, 0.25) is 0 Å². The first kappa shape index (κ1) is 11.9. The lowest BCUT2D eigenvalue weighted by molar-refractivity contribution is -0.120. The van der Waals surface area contributed by atoms with Crippen LogP contribution in [0.3, 0.4) is 0 Å². The smallest absolute Gasteiger partial charge is 0.339 e. The van der Waals surface area contributed by atoms with Crippen LogP contribution in [-0.2, 0) is 17.8 Å². The molecule has 0 unspecified atom stereocenters. The number of nitrogens with zero attached hydrogens (tertiary/aromatic N) is 1. The van der Waals surface area contributed by atoms with E-state index in [0.29, 0.717) is 5.76 Å². The molecule has 2 heterocycles. The molecule has 18 heavy (non-hydrogen) atoms. The normalized spacial score (nSPS) is 10.2. The second kappa shape index (κ2) is 5.17. The molecule has 7 heteroatoms. The number of furan rings is 1. The second-order valence-corrected chi connectivity index (χ2v) is 3.49. The van der Waals surface area contributed by atoms with E-state index in [-0.39, 0.29) is 30.2 Å². The number of carboxylic acids is 1. The van der Waals surface area contributed by atoms with Gasteiger partial charge in [-0.15, -0.1) is 0 Å². The molecule has 0 atom stereocenters. The van der Waals surface area contributed by atoms with Crippen molar-refractivity contribution in [3.8, 4) is 0 Å². The van der Waals surface area contributed by atoms with E-state index in [0.717, 1.165) is 0 Å². The molecule has 0 aliphatic carbocycles. The van der Waals surface area contributed by atoms with Crippen molar-refractivity contribution < 1.29 is 23.6 Å². The van der Waals surface area contributed by atoms with Crippen LogP contribution in [0.1, 0.15) is 21.9 Å². The second-order valence-electron chi connectivity index (χ2n) is 3.49. The Balaban J connectivity index is 1.91. The zero-order chi connectivity index (χ0) is 13.0. The zero-order valence-electron chi connectivity index (χ0n) is 9.25. The van der Waals surface area contributed by atoms with Crippen molar-refractivity contribution in [2.75, 3.05) is 0 Å². The fourth-order valence-corrected chi connectivity index (χ4v) is 1.40. The highest BCUT2D eigenvalue weighted by molar-refractivity contribution is 5.90. The van der Waals surface area contributed by atoms with Crippen LogP contribution in [0.4, 0.5) is 0 Å². The van der Waals surface area contributed by atoms with Gasteiger partial charge in [-0.2, -0.15) is 0 Å². The number of amides is 1. The van der Waals surface area contributed by atoms with Crippen LogP contribution >= 0.6 is 0 Å². The Morgan fingerprint density at radius 1 is 1.39 bits per heavy atom. The standard InChI is InChI=1S/C11H10N2O5/c14-10(12-6-7-1-3-13-18-7)5-9-8(11(15)16)2-4-17-9/h1-4H,5-6H2,(H,12,14)(H,15,16). The van der Waals surface area contributed by atoms with Crippen LogP contribution in [-0.4, -0.2) is 22.1 Å². The fraction of sp³-hybridized carbons (Fsp3) is 0.182. The maximum absolute atomic E-state index is 11.6. The molecule has 7 nitrogen and oxygen atoms in total. The maximum Gasteiger partial charge on any atom is 0.339 e. The van der Waals surface area contributed by atoms with E-state index in [1.165, 1.54) is 18.5 Å². The number of hydrogen-bond donors (Lipinski definition) is 2. The highest BCUT2D eigenvalue weighted by atomic mass is 16.5. The van der Waals surface area contributed by atoms with Crippen molar-refractivity contribution in [1.29, 1.82) is 0 Å². The first-order valence-electron chi connectivity index (χ1n) is 5.12. The zero-order valence-corrected chi connectivity index (χ0v) is 9.25. The molecule has 2 aromatic rings. The number of carbonyl (C=O) groups is 2. The Hall–Kier alpha value is -2.57. The maximum atomic E-state index is 11.6. The molecule has 2 N–H and O–H groups in total. The lowest BCUT2D eigenvalue weighted by Gasteiger charge is -2.01. The SMILES string of the molecule is O=C(Cc1occc1C(=O)O)NCc1ccno1. The van der Waals surface area contributed by atoms with Gasteiger partial charge >= 0.3 is 5.97 Å².